The summed E-state index contributed by atoms with van der Waals surface area (Å²) >= 11 is 1.08. The van der Waals surface area contributed by atoms with Crippen molar-refractivity contribution in [2.75, 3.05) is 5.75 Å². The first kappa shape index (κ1) is 14.2. The Kier molecular flexibility index (Phi) is 4.34. The Labute approximate surface area is 115 Å². The number of carbonyl (C=O) groups excluding carboxylic acids is 2. The Morgan fingerprint density at radius 3 is 2.58 bits per heavy atom. The topological polar surface area (TPSA) is 95.5 Å². The van der Waals surface area contributed by atoms with Crippen LogP contribution in [-0.2, 0) is 9.59 Å². The highest BCUT2D eigenvalue weighted by Gasteiger charge is 2.38. The Bertz CT molecular complexity index is 393. The van der Waals surface area contributed by atoms with Gasteiger partial charge in [-0.3, -0.25) is 14.4 Å². The summed E-state index contributed by atoms with van der Waals surface area (Å²) in [6.07, 6.45) is 4.27. The molecule has 3 N–H and O–H groups in total. The largest absolute Gasteiger partial charge is 0.481 e. The third kappa shape index (κ3) is 3.62. The van der Waals surface area contributed by atoms with E-state index >= 15 is 0 Å². The second-order valence-corrected chi connectivity index (χ2v) is 6.19. The van der Waals surface area contributed by atoms with Gasteiger partial charge in [0.15, 0.2) is 0 Å². The fourth-order valence-corrected chi connectivity index (χ4v) is 3.52. The van der Waals surface area contributed by atoms with Gasteiger partial charge in [-0.2, -0.15) is 0 Å². The Hall–Kier alpha value is -1.24. The maximum atomic E-state index is 12.1. The Morgan fingerprint density at radius 2 is 2.05 bits per heavy atom. The summed E-state index contributed by atoms with van der Waals surface area (Å²) in [5, 5.41) is 14.3. The lowest BCUT2D eigenvalue weighted by atomic mass is 9.79. The summed E-state index contributed by atoms with van der Waals surface area (Å²) in [5.41, 5.74) is -0.640. The number of hydrogen-bond acceptors (Lipinski definition) is 4. The maximum Gasteiger partial charge on any atom is 0.305 e. The molecule has 0 aromatic heterocycles. The van der Waals surface area contributed by atoms with Gasteiger partial charge in [-0.1, -0.05) is 31.0 Å². The van der Waals surface area contributed by atoms with Crippen molar-refractivity contribution in [2.24, 2.45) is 0 Å². The van der Waals surface area contributed by atoms with E-state index in [1.54, 1.807) is 0 Å². The third-order valence-electron chi connectivity index (χ3n) is 3.68. The predicted octanol–water partition coefficient (Wildman–Crippen LogP) is 1.11. The van der Waals surface area contributed by atoms with E-state index in [1.165, 1.54) is 0 Å². The molecule has 2 fully saturated rings. The average Bonchev–Trinajstić information content (AvgIpc) is 2.76. The van der Waals surface area contributed by atoms with Crippen LogP contribution in [-0.4, -0.2) is 39.6 Å². The maximum absolute atomic E-state index is 12.1. The van der Waals surface area contributed by atoms with Crippen molar-refractivity contribution in [3.8, 4) is 0 Å². The molecule has 1 atom stereocenters. The monoisotopic (exact) mass is 286 g/mol. The molecule has 0 radical (unpaired) electrons. The third-order valence-corrected chi connectivity index (χ3v) is 4.56. The fourth-order valence-electron chi connectivity index (χ4n) is 2.74. The molecule has 19 heavy (non-hydrogen) atoms. The minimum Gasteiger partial charge on any atom is -0.481 e. The molecule has 2 aliphatic rings. The van der Waals surface area contributed by atoms with Crippen LogP contribution in [0.1, 0.15) is 38.5 Å². The van der Waals surface area contributed by atoms with Crippen molar-refractivity contribution in [1.29, 1.82) is 0 Å². The second-order valence-electron chi connectivity index (χ2n) is 5.20. The van der Waals surface area contributed by atoms with Crippen molar-refractivity contribution in [3.63, 3.8) is 0 Å². The SMILES string of the molecule is O=C(O)CC1(NC(=O)C2CSC(=O)N2)CCCCC1. The van der Waals surface area contributed by atoms with Crippen LogP contribution < -0.4 is 10.6 Å². The van der Waals surface area contributed by atoms with E-state index in [0.717, 1.165) is 31.0 Å². The standard InChI is InChI=1S/C12H18N2O4S/c15-9(16)6-12(4-2-1-3-5-12)14-10(17)8-7-19-11(18)13-8/h8H,1-7H2,(H,13,18)(H,14,17)(H,15,16). The first-order valence-corrected chi connectivity index (χ1v) is 7.46. The number of thioether (sulfide) groups is 1. The molecule has 0 aromatic rings. The number of nitrogens with one attached hydrogen (secondary N) is 2. The summed E-state index contributed by atoms with van der Waals surface area (Å²) in [5.74, 6) is -0.748. The number of carboxylic acids is 1. The first-order chi connectivity index (χ1) is 9.01. The summed E-state index contributed by atoms with van der Waals surface area (Å²) in [6.45, 7) is 0. The highest BCUT2D eigenvalue weighted by molar-refractivity contribution is 8.14. The van der Waals surface area contributed by atoms with Crippen LogP contribution in [0.15, 0.2) is 0 Å². The lowest BCUT2D eigenvalue weighted by Gasteiger charge is -2.37. The summed E-state index contributed by atoms with van der Waals surface area (Å²) < 4.78 is 0. The number of amides is 2. The van der Waals surface area contributed by atoms with E-state index in [0.29, 0.717) is 18.6 Å². The summed E-state index contributed by atoms with van der Waals surface area (Å²) in [4.78, 5) is 34.2. The Balaban J connectivity index is 2.00. The van der Waals surface area contributed by atoms with Crippen LogP contribution in [0.2, 0.25) is 0 Å². The second kappa shape index (κ2) is 5.81. The van der Waals surface area contributed by atoms with Gasteiger partial charge in [0.05, 0.1) is 12.0 Å². The molecule has 2 amide bonds. The molecule has 2 rings (SSSR count). The van der Waals surface area contributed by atoms with Crippen LogP contribution in [0.5, 0.6) is 0 Å². The summed E-state index contributed by atoms with van der Waals surface area (Å²) in [7, 11) is 0. The first-order valence-electron chi connectivity index (χ1n) is 6.48. The predicted molar refractivity (Wildman–Crippen MR) is 71.0 cm³/mol. The molecular formula is C12H18N2O4S. The zero-order chi connectivity index (χ0) is 13.9. The quantitative estimate of drug-likeness (QED) is 0.719. The zero-order valence-corrected chi connectivity index (χ0v) is 11.4. The molecular weight excluding hydrogens is 268 g/mol. The summed E-state index contributed by atoms with van der Waals surface area (Å²) in [6, 6.07) is -0.537. The van der Waals surface area contributed by atoms with Crippen LogP contribution >= 0.6 is 11.8 Å². The molecule has 7 heteroatoms. The van der Waals surface area contributed by atoms with E-state index in [4.69, 9.17) is 5.11 Å². The van der Waals surface area contributed by atoms with E-state index in [2.05, 4.69) is 10.6 Å². The van der Waals surface area contributed by atoms with Gasteiger partial charge in [0, 0.05) is 5.75 Å². The molecule has 0 bridgehead atoms. The van der Waals surface area contributed by atoms with Crippen molar-refractivity contribution < 1.29 is 19.5 Å². The number of carboxylic acid groups (broad SMARTS) is 1. The zero-order valence-electron chi connectivity index (χ0n) is 10.6. The molecule has 1 unspecified atom stereocenters. The number of aliphatic carboxylic acids is 1. The highest BCUT2D eigenvalue weighted by Crippen LogP contribution is 2.31. The molecule has 1 aliphatic heterocycles. The van der Waals surface area contributed by atoms with E-state index in [1.807, 2.05) is 0 Å². The van der Waals surface area contributed by atoms with Crippen molar-refractivity contribution >= 4 is 28.9 Å². The van der Waals surface area contributed by atoms with Crippen LogP contribution in [0, 0.1) is 0 Å². The average molecular weight is 286 g/mol. The van der Waals surface area contributed by atoms with Gasteiger partial charge < -0.3 is 15.7 Å². The van der Waals surface area contributed by atoms with Crippen molar-refractivity contribution in [2.45, 2.75) is 50.1 Å². The fraction of sp³-hybridized carbons (Fsp3) is 0.750. The molecule has 0 spiro atoms. The molecule has 106 valence electrons. The van der Waals surface area contributed by atoms with Crippen molar-refractivity contribution in [1.82, 2.24) is 10.6 Å². The van der Waals surface area contributed by atoms with Gasteiger partial charge in [-0.15, -0.1) is 0 Å². The molecule has 0 aromatic carbocycles. The highest BCUT2D eigenvalue weighted by atomic mass is 32.2. The molecule has 1 saturated carbocycles. The molecule has 1 heterocycles. The molecule has 1 aliphatic carbocycles. The number of rotatable bonds is 4. The lowest BCUT2D eigenvalue weighted by molar-refractivity contribution is -0.139. The van der Waals surface area contributed by atoms with Gasteiger partial charge in [0.1, 0.15) is 6.04 Å². The van der Waals surface area contributed by atoms with Gasteiger partial charge in [-0.05, 0) is 12.8 Å². The Morgan fingerprint density at radius 1 is 1.37 bits per heavy atom. The molecule has 1 saturated heterocycles. The molecule has 6 nitrogen and oxygen atoms in total. The lowest BCUT2D eigenvalue weighted by Crippen LogP contribution is -2.56. The van der Waals surface area contributed by atoms with E-state index in [-0.39, 0.29) is 17.6 Å². The number of hydrogen-bond donors (Lipinski definition) is 3. The smallest absolute Gasteiger partial charge is 0.305 e. The van der Waals surface area contributed by atoms with Crippen LogP contribution in [0.25, 0.3) is 0 Å². The van der Waals surface area contributed by atoms with E-state index < -0.39 is 17.6 Å². The normalized spacial score (nSPS) is 25.7. The minimum absolute atomic E-state index is 0.0491. The van der Waals surface area contributed by atoms with Gasteiger partial charge in [0.2, 0.25) is 5.91 Å². The van der Waals surface area contributed by atoms with Crippen LogP contribution in [0.3, 0.4) is 0 Å². The van der Waals surface area contributed by atoms with Crippen LogP contribution in [0.4, 0.5) is 4.79 Å². The van der Waals surface area contributed by atoms with Crippen molar-refractivity contribution in [3.05, 3.63) is 0 Å². The van der Waals surface area contributed by atoms with Gasteiger partial charge in [-0.25, -0.2) is 0 Å². The number of carbonyl (C=O) groups is 3. The van der Waals surface area contributed by atoms with Gasteiger partial charge >= 0.3 is 5.97 Å². The van der Waals surface area contributed by atoms with E-state index in [9.17, 15) is 14.4 Å². The minimum atomic E-state index is -0.896. The van der Waals surface area contributed by atoms with Gasteiger partial charge in [0.25, 0.3) is 5.24 Å².